The Hall–Kier alpha value is -1.32. The van der Waals surface area contributed by atoms with Crippen LogP contribution in [0.2, 0.25) is 0 Å². The summed E-state index contributed by atoms with van der Waals surface area (Å²) in [6, 6.07) is 5.65. The predicted molar refractivity (Wildman–Crippen MR) is 91.1 cm³/mol. The molecule has 1 saturated heterocycles. The second-order valence-corrected chi connectivity index (χ2v) is 6.12. The number of nitrogens with one attached hydrogen (secondary N) is 1. The van der Waals surface area contributed by atoms with Gasteiger partial charge in [-0.05, 0) is 73.2 Å². The van der Waals surface area contributed by atoms with E-state index in [0.717, 1.165) is 53.5 Å². The molecular weight excluding hydrogens is 409 g/mol. The fourth-order valence-corrected chi connectivity index (χ4v) is 3.66. The molecule has 0 saturated carbocycles. The topological polar surface area (TPSA) is 54.4 Å². The first kappa shape index (κ1) is 19.0. The summed E-state index contributed by atoms with van der Waals surface area (Å²) in [7, 11) is 0. The fraction of sp³-hybridized carbons (Fsp3) is 0.400. The lowest BCUT2D eigenvalue weighted by molar-refractivity contribution is -0.274. The number of hydrogen-bond donors (Lipinski definition) is 2. The highest BCUT2D eigenvalue weighted by atomic mass is 79.9. The van der Waals surface area contributed by atoms with Crippen LogP contribution in [0.1, 0.15) is 24.3 Å². The Balaban J connectivity index is 0.00000208. The number of halogens is 4. The van der Waals surface area contributed by atoms with Crippen molar-refractivity contribution in [1.82, 2.24) is 9.69 Å². The standard InChI is InChI=1S/C15H15F3N2O2S.BrH/c16-15(17,18)22-11-3-1-10(2-4-11)13-12(14(21)20-23-13)9-5-7-19-8-6-9;/h1-4,9,19H,5-8H2,(H,20,21);1H. The van der Waals surface area contributed by atoms with Crippen LogP contribution in [0, 0.1) is 0 Å². The number of alkyl halides is 3. The van der Waals surface area contributed by atoms with Crippen LogP contribution in [0.25, 0.3) is 10.4 Å². The highest BCUT2D eigenvalue weighted by Crippen LogP contribution is 2.42. The Labute approximate surface area is 151 Å². The highest BCUT2D eigenvalue weighted by molar-refractivity contribution is 8.93. The van der Waals surface area contributed by atoms with Crippen LogP contribution in [0.5, 0.6) is 11.6 Å². The van der Waals surface area contributed by atoms with Crippen LogP contribution < -0.4 is 10.1 Å². The molecule has 1 fully saturated rings. The van der Waals surface area contributed by atoms with Crippen molar-refractivity contribution >= 4 is 28.5 Å². The summed E-state index contributed by atoms with van der Waals surface area (Å²) in [6.45, 7) is 1.75. The van der Waals surface area contributed by atoms with Gasteiger partial charge < -0.3 is 15.2 Å². The van der Waals surface area contributed by atoms with E-state index in [-0.39, 0.29) is 34.5 Å². The molecule has 3 rings (SSSR count). The van der Waals surface area contributed by atoms with Gasteiger partial charge >= 0.3 is 6.36 Å². The van der Waals surface area contributed by atoms with Crippen LogP contribution in [0.15, 0.2) is 24.3 Å². The molecule has 1 aromatic carbocycles. The van der Waals surface area contributed by atoms with Crippen LogP contribution in [0.4, 0.5) is 13.2 Å². The molecule has 0 aliphatic carbocycles. The Morgan fingerprint density at radius 2 is 1.79 bits per heavy atom. The zero-order valence-corrected chi connectivity index (χ0v) is 15.0. The Morgan fingerprint density at radius 1 is 1.17 bits per heavy atom. The molecule has 0 bridgehead atoms. The summed E-state index contributed by atoms with van der Waals surface area (Å²) >= 11 is 1.16. The van der Waals surface area contributed by atoms with E-state index in [2.05, 4.69) is 14.4 Å². The van der Waals surface area contributed by atoms with E-state index in [1.54, 1.807) is 12.1 Å². The van der Waals surface area contributed by atoms with Gasteiger partial charge in [-0.2, -0.15) is 4.37 Å². The van der Waals surface area contributed by atoms with E-state index >= 15 is 0 Å². The van der Waals surface area contributed by atoms with Crippen molar-refractivity contribution in [3.8, 4) is 22.1 Å². The lowest BCUT2D eigenvalue weighted by Crippen LogP contribution is -2.26. The highest BCUT2D eigenvalue weighted by Gasteiger charge is 2.31. The van der Waals surface area contributed by atoms with Crippen molar-refractivity contribution in [1.29, 1.82) is 0 Å². The number of nitrogens with zero attached hydrogens (tertiary/aromatic N) is 1. The summed E-state index contributed by atoms with van der Waals surface area (Å²) in [6.07, 6.45) is -2.91. The third kappa shape index (κ3) is 4.40. The van der Waals surface area contributed by atoms with Crippen molar-refractivity contribution in [3.63, 3.8) is 0 Å². The van der Waals surface area contributed by atoms with Crippen LogP contribution in [-0.4, -0.2) is 28.9 Å². The first-order valence-corrected chi connectivity index (χ1v) is 7.97. The Kier molecular flexibility index (Phi) is 6.11. The van der Waals surface area contributed by atoms with Gasteiger partial charge in [0.1, 0.15) is 5.75 Å². The molecule has 1 aliphatic rings. The minimum atomic E-state index is -4.70. The SMILES string of the molecule is Br.Oc1nsc(-c2ccc(OC(F)(F)F)cc2)c1C1CCNCC1. The van der Waals surface area contributed by atoms with Gasteiger partial charge in [-0.25, -0.2) is 0 Å². The molecule has 0 amide bonds. The molecule has 24 heavy (non-hydrogen) atoms. The van der Waals surface area contributed by atoms with Crippen LogP contribution in [0.3, 0.4) is 0 Å². The molecule has 2 heterocycles. The van der Waals surface area contributed by atoms with E-state index in [1.165, 1.54) is 12.1 Å². The van der Waals surface area contributed by atoms with Gasteiger partial charge in [0.15, 0.2) is 0 Å². The summed E-state index contributed by atoms with van der Waals surface area (Å²) in [5.74, 6) is -0.0398. The van der Waals surface area contributed by atoms with Gasteiger partial charge in [-0.3, -0.25) is 0 Å². The number of aromatic hydroxyl groups is 1. The molecule has 4 nitrogen and oxygen atoms in total. The molecule has 2 N–H and O–H groups in total. The van der Waals surface area contributed by atoms with Crippen molar-refractivity contribution in [2.24, 2.45) is 0 Å². The second kappa shape index (κ2) is 7.71. The predicted octanol–water partition coefficient (Wildman–Crippen LogP) is 4.46. The number of benzene rings is 1. The lowest BCUT2D eigenvalue weighted by atomic mass is 9.89. The molecule has 0 spiro atoms. The summed E-state index contributed by atoms with van der Waals surface area (Å²) in [5, 5.41) is 13.3. The molecule has 0 atom stereocenters. The van der Waals surface area contributed by atoms with Crippen molar-refractivity contribution in [2.75, 3.05) is 13.1 Å². The van der Waals surface area contributed by atoms with Gasteiger partial charge in [0.2, 0.25) is 5.88 Å². The molecular formula is C15H16BrF3N2O2S. The largest absolute Gasteiger partial charge is 0.573 e. The van der Waals surface area contributed by atoms with Gasteiger partial charge in [0.05, 0.1) is 4.88 Å². The molecule has 1 aliphatic heterocycles. The molecule has 2 aromatic rings. The maximum atomic E-state index is 12.2. The van der Waals surface area contributed by atoms with Gasteiger partial charge in [-0.1, -0.05) is 0 Å². The van der Waals surface area contributed by atoms with Gasteiger partial charge in [0, 0.05) is 5.56 Å². The minimum absolute atomic E-state index is 0. The second-order valence-electron chi connectivity index (χ2n) is 5.35. The molecule has 1 aromatic heterocycles. The van der Waals surface area contributed by atoms with Crippen molar-refractivity contribution in [2.45, 2.75) is 25.1 Å². The van der Waals surface area contributed by atoms with E-state index in [1.807, 2.05) is 0 Å². The molecule has 132 valence electrons. The maximum absolute atomic E-state index is 12.2. The zero-order chi connectivity index (χ0) is 16.4. The molecule has 0 radical (unpaired) electrons. The maximum Gasteiger partial charge on any atom is 0.573 e. The molecule has 9 heteroatoms. The van der Waals surface area contributed by atoms with Gasteiger partial charge in [0.25, 0.3) is 0 Å². The van der Waals surface area contributed by atoms with E-state index in [0.29, 0.717) is 0 Å². The third-order valence-electron chi connectivity index (χ3n) is 3.81. The molecule has 0 unspecified atom stereocenters. The monoisotopic (exact) mass is 424 g/mol. The lowest BCUT2D eigenvalue weighted by Gasteiger charge is -2.23. The number of hydrogen-bond acceptors (Lipinski definition) is 5. The Morgan fingerprint density at radius 3 is 2.38 bits per heavy atom. The average molecular weight is 425 g/mol. The summed E-state index contributed by atoms with van der Waals surface area (Å²) in [4.78, 5) is 0.799. The first-order chi connectivity index (χ1) is 10.9. The van der Waals surface area contributed by atoms with E-state index in [4.69, 9.17) is 0 Å². The number of piperidine rings is 1. The van der Waals surface area contributed by atoms with Crippen LogP contribution >= 0.6 is 28.5 Å². The van der Waals surface area contributed by atoms with Crippen molar-refractivity contribution < 1.29 is 23.0 Å². The van der Waals surface area contributed by atoms with Crippen molar-refractivity contribution in [3.05, 3.63) is 29.8 Å². The summed E-state index contributed by atoms with van der Waals surface area (Å²) in [5.41, 5.74) is 1.52. The van der Waals surface area contributed by atoms with E-state index < -0.39 is 6.36 Å². The number of rotatable bonds is 3. The van der Waals surface area contributed by atoms with Gasteiger partial charge in [-0.15, -0.1) is 30.2 Å². The van der Waals surface area contributed by atoms with Crippen LogP contribution in [-0.2, 0) is 0 Å². The average Bonchev–Trinajstić information content (AvgIpc) is 2.89. The minimum Gasteiger partial charge on any atom is -0.492 e. The smallest absolute Gasteiger partial charge is 0.492 e. The normalized spacial score (nSPS) is 15.8. The first-order valence-electron chi connectivity index (χ1n) is 7.19. The van der Waals surface area contributed by atoms with E-state index in [9.17, 15) is 18.3 Å². The zero-order valence-electron chi connectivity index (χ0n) is 12.5. The number of aromatic nitrogens is 1. The summed E-state index contributed by atoms with van der Waals surface area (Å²) < 4.78 is 44.5. The Bertz CT molecular complexity index is 670. The number of ether oxygens (including phenoxy) is 1. The third-order valence-corrected chi connectivity index (χ3v) is 4.71. The quantitative estimate of drug-likeness (QED) is 0.763. The fourth-order valence-electron chi connectivity index (χ4n) is 2.78.